The molecule has 0 aromatic heterocycles. The molecular formula is C75H66N2. The van der Waals surface area contributed by atoms with Crippen molar-refractivity contribution in [1.29, 1.82) is 0 Å². The fourth-order valence-electron chi connectivity index (χ4n) is 15.5. The lowest BCUT2D eigenvalue weighted by atomic mass is 9.78. The van der Waals surface area contributed by atoms with Gasteiger partial charge in [-0.2, -0.15) is 0 Å². The van der Waals surface area contributed by atoms with Crippen molar-refractivity contribution < 1.29 is 0 Å². The standard InChI is InChI=1S/C75H66N2/c1-71(2)61-23-15-11-19-51(61)55-33-27-45(39-65(55)71)76(46-28-34-56-52-20-12-16-24-62(52)72(3,4)66(56)40-46)49-31-37-59-60-38-32-50(44-70(60)75(9,10)69(59)43-49)77(47-29-35-57-53-21-13-17-25-63(53)73(5,6)67(57)41-47)48-30-36-58-54-22-14-18-26-64(54)74(7,8)68(58)42-48/h11-17,19-25,27-44H,18,26H2,1-10H3. The molecule has 2 heteroatoms. The van der Waals surface area contributed by atoms with E-state index >= 15 is 0 Å². The number of hydrogen-bond acceptors (Lipinski definition) is 2. The summed E-state index contributed by atoms with van der Waals surface area (Å²) in [4.78, 5) is 5.09. The summed E-state index contributed by atoms with van der Waals surface area (Å²) in [5.41, 5.74) is 33.8. The predicted molar refractivity (Wildman–Crippen MR) is 324 cm³/mol. The Balaban J connectivity index is 0.871. The third-order valence-electron chi connectivity index (χ3n) is 19.8. The molecule has 0 fully saturated rings. The molecule has 0 radical (unpaired) electrons. The number of benzene rings is 9. The number of hydrogen-bond donors (Lipinski definition) is 0. The van der Waals surface area contributed by atoms with Crippen molar-refractivity contribution in [2.24, 2.45) is 0 Å². The van der Waals surface area contributed by atoms with Crippen LogP contribution in [0.15, 0.2) is 200 Å². The van der Waals surface area contributed by atoms with Crippen LogP contribution in [0.3, 0.4) is 0 Å². The van der Waals surface area contributed by atoms with Crippen LogP contribution in [0, 0.1) is 0 Å². The fourth-order valence-corrected chi connectivity index (χ4v) is 15.5. The third kappa shape index (κ3) is 6.25. The van der Waals surface area contributed by atoms with Crippen molar-refractivity contribution in [2.75, 3.05) is 9.80 Å². The fraction of sp³-hybridized carbons (Fsp3) is 0.227. The minimum Gasteiger partial charge on any atom is -0.310 e. The van der Waals surface area contributed by atoms with Crippen LogP contribution < -0.4 is 9.80 Å². The highest BCUT2D eigenvalue weighted by Crippen LogP contribution is 2.58. The summed E-state index contributed by atoms with van der Waals surface area (Å²) >= 11 is 0. The van der Waals surface area contributed by atoms with Crippen LogP contribution >= 0.6 is 0 Å². The van der Waals surface area contributed by atoms with E-state index in [-0.39, 0.29) is 27.1 Å². The van der Waals surface area contributed by atoms with Crippen molar-refractivity contribution in [3.05, 3.63) is 255 Å². The molecule has 0 saturated carbocycles. The van der Waals surface area contributed by atoms with Crippen molar-refractivity contribution in [3.8, 4) is 44.5 Å². The van der Waals surface area contributed by atoms with Crippen molar-refractivity contribution >= 4 is 39.7 Å². The topological polar surface area (TPSA) is 6.48 Å². The smallest absolute Gasteiger partial charge is 0.0465 e. The van der Waals surface area contributed by atoms with E-state index in [1.54, 1.807) is 5.57 Å². The molecular weight excluding hydrogens is 929 g/mol. The van der Waals surface area contributed by atoms with Crippen LogP contribution in [-0.2, 0) is 27.1 Å². The molecule has 0 bridgehead atoms. The quantitative estimate of drug-likeness (QED) is 0.164. The minimum absolute atomic E-state index is 0.0478. The second-order valence-electron chi connectivity index (χ2n) is 25.6. The molecule has 77 heavy (non-hydrogen) atoms. The van der Waals surface area contributed by atoms with E-state index in [9.17, 15) is 0 Å². The van der Waals surface area contributed by atoms with Crippen molar-refractivity contribution in [2.45, 2.75) is 109 Å². The molecule has 15 rings (SSSR count). The summed E-state index contributed by atoms with van der Waals surface area (Å²) in [6.45, 7) is 24.1. The van der Waals surface area contributed by atoms with Crippen molar-refractivity contribution in [1.82, 2.24) is 0 Å². The zero-order valence-electron chi connectivity index (χ0n) is 46.3. The Labute approximate surface area is 456 Å². The summed E-state index contributed by atoms with van der Waals surface area (Å²) in [6.07, 6.45) is 6.97. The van der Waals surface area contributed by atoms with Gasteiger partial charge in [-0.05, 0) is 191 Å². The summed E-state index contributed by atoms with van der Waals surface area (Å²) < 4.78 is 0. The van der Waals surface area contributed by atoms with Crippen LogP contribution in [0.4, 0.5) is 34.1 Å². The molecule has 0 aliphatic heterocycles. The van der Waals surface area contributed by atoms with Crippen molar-refractivity contribution in [3.63, 3.8) is 0 Å². The Hall–Kier alpha value is -7.94. The number of anilines is 6. The van der Waals surface area contributed by atoms with Gasteiger partial charge >= 0.3 is 0 Å². The van der Waals surface area contributed by atoms with E-state index in [4.69, 9.17) is 0 Å². The Bertz CT molecular complexity index is 4040. The Morgan fingerprint density at radius 2 is 0.532 bits per heavy atom. The van der Waals surface area contributed by atoms with Gasteiger partial charge in [-0.3, -0.25) is 0 Å². The molecule has 0 saturated heterocycles. The lowest BCUT2D eigenvalue weighted by Gasteiger charge is -2.31. The average molecular weight is 995 g/mol. The van der Waals surface area contributed by atoms with E-state index in [1.165, 1.54) is 140 Å². The first-order valence-corrected chi connectivity index (χ1v) is 28.1. The molecule has 0 N–H and O–H groups in total. The molecule has 0 unspecified atom stereocenters. The average Bonchev–Trinajstić information content (AvgIpc) is 4.27. The van der Waals surface area contributed by atoms with E-state index in [2.05, 4.69) is 273 Å². The maximum atomic E-state index is 2.55. The summed E-state index contributed by atoms with van der Waals surface area (Å²) in [7, 11) is 0. The lowest BCUT2D eigenvalue weighted by Crippen LogP contribution is -2.20. The molecule has 0 atom stereocenters. The molecule has 9 aromatic carbocycles. The Morgan fingerprint density at radius 1 is 0.273 bits per heavy atom. The number of allylic oxidation sites excluding steroid dienone is 4. The van der Waals surface area contributed by atoms with Gasteiger partial charge in [0.1, 0.15) is 0 Å². The van der Waals surface area contributed by atoms with Crippen LogP contribution in [0.1, 0.15) is 138 Å². The molecule has 9 aromatic rings. The molecule has 2 nitrogen and oxygen atoms in total. The Kier molecular flexibility index (Phi) is 9.40. The van der Waals surface area contributed by atoms with Gasteiger partial charge < -0.3 is 9.80 Å². The first-order chi connectivity index (χ1) is 37.0. The largest absolute Gasteiger partial charge is 0.310 e. The van der Waals surface area contributed by atoms with Gasteiger partial charge in [-0.25, -0.2) is 0 Å². The van der Waals surface area contributed by atoms with Gasteiger partial charge in [0.15, 0.2) is 0 Å². The Morgan fingerprint density at radius 3 is 0.857 bits per heavy atom. The highest BCUT2D eigenvalue weighted by Gasteiger charge is 2.42. The second kappa shape index (κ2) is 15.6. The van der Waals surface area contributed by atoms with Gasteiger partial charge in [0.05, 0.1) is 0 Å². The maximum Gasteiger partial charge on any atom is 0.0465 e. The summed E-state index contributed by atoms with van der Waals surface area (Å²) in [5.74, 6) is 0. The first-order valence-electron chi connectivity index (χ1n) is 28.1. The highest BCUT2D eigenvalue weighted by atomic mass is 15.1. The molecule has 6 aliphatic rings. The summed E-state index contributed by atoms with van der Waals surface area (Å²) in [5, 5.41) is 0. The van der Waals surface area contributed by atoms with Crippen LogP contribution in [-0.4, -0.2) is 0 Å². The number of fused-ring (bicyclic) bond motifs is 14. The molecule has 0 amide bonds. The van der Waals surface area contributed by atoms with E-state index in [0.29, 0.717) is 0 Å². The molecule has 6 aliphatic carbocycles. The van der Waals surface area contributed by atoms with Gasteiger partial charge in [0.2, 0.25) is 0 Å². The lowest BCUT2D eigenvalue weighted by molar-refractivity contribution is 0.607. The SMILES string of the molecule is CC1(C)C2=C(C=CCC2)c2ccc(N(c3ccc4c(c3)C(C)(C)c3ccccc3-4)c3ccc4c(c3)C(C)(C)c3cc(N(c5ccc6c(c5)C(C)(C)c5ccccc5-6)c5ccc6c(c5)C(C)(C)c5ccccc5-6)ccc3-4)cc21. The molecule has 0 spiro atoms. The molecule has 0 heterocycles. The second-order valence-corrected chi connectivity index (χ2v) is 25.6. The zero-order chi connectivity index (χ0) is 52.7. The van der Waals surface area contributed by atoms with Gasteiger partial charge in [-0.15, -0.1) is 0 Å². The highest BCUT2D eigenvalue weighted by molar-refractivity contribution is 5.94. The third-order valence-corrected chi connectivity index (χ3v) is 19.8. The minimum atomic E-state index is -0.298. The summed E-state index contributed by atoms with van der Waals surface area (Å²) in [6, 6.07) is 70.6. The van der Waals surface area contributed by atoms with Gasteiger partial charge in [0, 0.05) is 61.2 Å². The van der Waals surface area contributed by atoms with E-state index < -0.39 is 0 Å². The maximum absolute atomic E-state index is 2.55. The zero-order valence-corrected chi connectivity index (χ0v) is 46.3. The van der Waals surface area contributed by atoms with Crippen LogP contribution in [0.25, 0.3) is 50.1 Å². The van der Waals surface area contributed by atoms with Crippen LogP contribution in [0.5, 0.6) is 0 Å². The van der Waals surface area contributed by atoms with E-state index in [1.807, 2.05) is 0 Å². The monoisotopic (exact) mass is 995 g/mol. The number of rotatable bonds is 6. The molecule has 376 valence electrons. The van der Waals surface area contributed by atoms with Gasteiger partial charge in [0.25, 0.3) is 0 Å². The first kappa shape index (κ1) is 46.4. The van der Waals surface area contributed by atoms with E-state index in [0.717, 1.165) is 12.8 Å². The van der Waals surface area contributed by atoms with Gasteiger partial charge in [-0.1, -0.05) is 196 Å². The predicted octanol–water partition coefficient (Wildman–Crippen LogP) is 20.2. The number of nitrogens with zero attached hydrogens (tertiary/aromatic N) is 2. The normalized spacial score (nSPS) is 17.8. The van der Waals surface area contributed by atoms with Crippen LogP contribution in [0.2, 0.25) is 0 Å².